The van der Waals surface area contributed by atoms with E-state index in [1.54, 1.807) is 0 Å². The normalized spacial score (nSPS) is 24.7. The number of rotatable bonds is 5. The van der Waals surface area contributed by atoms with E-state index < -0.39 is 0 Å². The van der Waals surface area contributed by atoms with Gasteiger partial charge in [-0.1, -0.05) is 0 Å². The Morgan fingerprint density at radius 2 is 1.87 bits per heavy atom. The van der Waals surface area contributed by atoms with Gasteiger partial charge in [0.05, 0.1) is 18.5 Å². The van der Waals surface area contributed by atoms with E-state index in [0.29, 0.717) is 18.7 Å². The first kappa shape index (κ1) is 18.8. The Balaban J connectivity index is 1.34. The van der Waals surface area contributed by atoms with Gasteiger partial charge in [-0.05, 0) is 64.5 Å². The fraction of sp³-hybridized carbons (Fsp3) is 0.773. The first-order valence-corrected chi connectivity index (χ1v) is 11.8. The lowest BCUT2D eigenvalue weighted by atomic mass is 9.93. The van der Waals surface area contributed by atoms with Crippen molar-refractivity contribution in [2.45, 2.75) is 62.9 Å². The third-order valence-electron chi connectivity index (χ3n) is 7.66. The van der Waals surface area contributed by atoms with Gasteiger partial charge in [0.1, 0.15) is 12.1 Å². The van der Waals surface area contributed by atoms with E-state index in [9.17, 15) is 0 Å². The zero-order valence-corrected chi connectivity index (χ0v) is 17.8. The van der Waals surface area contributed by atoms with Crippen LogP contribution in [0.4, 0.5) is 5.82 Å². The average molecular weight is 413 g/mol. The van der Waals surface area contributed by atoms with Crippen molar-refractivity contribution >= 4 is 17.0 Å². The van der Waals surface area contributed by atoms with E-state index in [2.05, 4.69) is 19.4 Å². The van der Waals surface area contributed by atoms with E-state index in [1.165, 1.54) is 58.0 Å². The number of fused-ring (bicyclic) bond motifs is 2. The molecule has 4 fully saturated rings. The average Bonchev–Trinajstić information content (AvgIpc) is 3.33. The second kappa shape index (κ2) is 7.64. The molecule has 30 heavy (non-hydrogen) atoms. The molecule has 3 aliphatic heterocycles. The molecule has 0 amide bonds. The summed E-state index contributed by atoms with van der Waals surface area (Å²) in [4.78, 5) is 19.3. The highest BCUT2D eigenvalue weighted by Crippen LogP contribution is 2.40. The van der Waals surface area contributed by atoms with Gasteiger partial charge in [0.15, 0.2) is 11.5 Å². The Bertz CT molecular complexity index is 892. The molecule has 4 aliphatic rings. The molecule has 8 nitrogen and oxygen atoms in total. The Labute approximate surface area is 177 Å². The molecule has 3 saturated heterocycles. The van der Waals surface area contributed by atoms with Crippen molar-refractivity contribution < 1.29 is 9.47 Å². The molecule has 1 aliphatic carbocycles. The van der Waals surface area contributed by atoms with Crippen molar-refractivity contribution in [3.63, 3.8) is 0 Å². The summed E-state index contributed by atoms with van der Waals surface area (Å²) >= 11 is 0. The molecule has 0 unspecified atom stereocenters. The lowest BCUT2D eigenvalue weighted by Gasteiger charge is -2.31. The van der Waals surface area contributed by atoms with Crippen LogP contribution in [0.1, 0.15) is 57.4 Å². The van der Waals surface area contributed by atoms with Crippen LogP contribution in [-0.4, -0.2) is 76.0 Å². The zero-order chi connectivity index (χ0) is 20.0. The lowest BCUT2D eigenvalue weighted by molar-refractivity contribution is 0.108. The number of nitrogens with zero attached hydrogens (tertiary/aromatic N) is 6. The molecule has 2 aromatic rings. The number of anilines is 1. The second-order valence-corrected chi connectivity index (χ2v) is 9.40. The summed E-state index contributed by atoms with van der Waals surface area (Å²) in [5.74, 6) is 0.970. The molecular formula is C22H32N6O2. The largest absolute Gasteiger partial charge is 0.461 e. The Morgan fingerprint density at radius 1 is 1.00 bits per heavy atom. The summed E-state index contributed by atoms with van der Waals surface area (Å²) in [5.41, 5.74) is 2.02. The number of imidazole rings is 1. The van der Waals surface area contributed by atoms with Gasteiger partial charge in [0.25, 0.3) is 0 Å². The SMILES string of the molecule is c1nc2nc(OCC34CCCN3CCC4)nc(N3CCCOCC3)c2n1C1CCC1. The van der Waals surface area contributed by atoms with Gasteiger partial charge < -0.3 is 18.9 Å². The first-order chi connectivity index (χ1) is 14.8. The van der Waals surface area contributed by atoms with Crippen LogP contribution in [0.5, 0.6) is 6.01 Å². The number of hydrogen-bond donors (Lipinski definition) is 0. The van der Waals surface area contributed by atoms with Crippen molar-refractivity contribution in [2.24, 2.45) is 0 Å². The minimum atomic E-state index is 0.195. The molecule has 1 saturated carbocycles. The van der Waals surface area contributed by atoms with Gasteiger partial charge in [0, 0.05) is 25.7 Å². The third kappa shape index (κ3) is 3.15. The molecule has 162 valence electrons. The van der Waals surface area contributed by atoms with Crippen LogP contribution in [0.2, 0.25) is 0 Å². The smallest absolute Gasteiger partial charge is 0.320 e. The van der Waals surface area contributed by atoms with Crippen molar-refractivity contribution in [3.05, 3.63) is 6.33 Å². The predicted molar refractivity (Wildman–Crippen MR) is 114 cm³/mol. The number of aromatic nitrogens is 4. The van der Waals surface area contributed by atoms with Gasteiger partial charge in [0.2, 0.25) is 0 Å². The summed E-state index contributed by atoms with van der Waals surface area (Å²) in [6, 6.07) is 1.01. The molecular weight excluding hydrogens is 380 g/mol. The van der Waals surface area contributed by atoms with E-state index in [1.807, 2.05) is 6.33 Å². The van der Waals surface area contributed by atoms with E-state index >= 15 is 0 Å². The van der Waals surface area contributed by atoms with Crippen LogP contribution >= 0.6 is 0 Å². The molecule has 5 heterocycles. The van der Waals surface area contributed by atoms with Crippen LogP contribution in [0.25, 0.3) is 11.2 Å². The zero-order valence-electron chi connectivity index (χ0n) is 17.8. The van der Waals surface area contributed by atoms with Crippen molar-refractivity contribution in [1.29, 1.82) is 0 Å². The summed E-state index contributed by atoms with van der Waals surface area (Å²) in [5, 5.41) is 0. The van der Waals surface area contributed by atoms with E-state index in [4.69, 9.17) is 19.4 Å². The predicted octanol–water partition coefficient (Wildman–Crippen LogP) is 2.79. The second-order valence-electron chi connectivity index (χ2n) is 9.40. The van der Waals surface area contributed by atoms with Crippen molar-refractivity contribution in [2.75, 3.05) is 50.9 Å². The molecule has 0 N–H and O–H groups in total. The molecule has 6 rings (SSSR count). The Morgan fingerprint density at radius 3 is 2.67 bits per heavy atom. The molecule has 0 bridgehead atoms. The molecule has 2 aromatic heterocycles. The maximum absolute atomic E-state index is 6.30. The lowest BCUT2D eigenvalue weighted by Crippen LogP contribution is -2.43. The fourth-order valence-corrected chi connectivity index (χ4v) is 5.75. The summed E-state index contributed by atoms with van der Waals surface area (Å²) in [6.07, 6.45) is 11.7. The number of ether oxygens (including phenoxy) is 2. The quantitative estimate of drug-likeness (QED) is 0.748. The molecule has 8 heteroatoms. The highest BCUT2D eigenvalue weighted by molar-refractivity contribution is 5.84. The topological polar surface area (TPSA) is 68.5 Å². The highest BCUT2D eigenvalue weighted by atomic mass is 16.5. The van der Waals surface area contributed by atoms with E-state index in [0.717, 1.165) is 49.7 Å². The van der Waals surface area contributed by atoms with Gasteiger partial charge in [-0.15, -0.1) is 0 Å². The van der Waals surface area contributed by atoms with Crippen LogP contribution in [0.3, 0.4) is 0 Å². The number of hydrogen-bond acceptors (Lipinski definition) is 7. The van der Waals surface area contributed by atoms with Crippen LogP contribution < -0.4 is 9.64 Å². The van der Waals surface area contributed by atoms with Crippen LogP contribution in [0.15, 0.2) is 6.33 Å². The monoisotopic (exact) mass is 412 g/mol. The van der Waals surface area contributed by atoms with E-state index in [-0.39, 0.29) is 5.54 Å². The molecule has 0 radical (unpaired) electrons. The summed E-state index contributed by atoms with van der Waals surface area (Å²) in [7, 11) is 0. The minimum absolute atomic E-state index is 0.195. The fourth-order valence-electron chi connectivity index (χ4n) is 5.75. The Kier molecular flexibility index (Phi) is 4.79. The maximum atomic E-state index is 6.30. The molecule has 0 atom stereocenters. The molecule has 0 aromatic carbocycles. The van der Waals surface area contributed by atoms with Crippen LogP contribution in [0, 0.1) is 0 Å². The maximum Gasteiger partial charge on any atom is 0.320 e. The Hall–Kier alpha value is -1.93. The van der Waals surface area contributed by atoms with Crippen molar-refractivity contribution in [3.8, 4) is 6.01 Å². The standard InChI is InChI=1S/C22H32N6O2/c1-5-17(6-1)28-16-23-19-18(28)20(26-9-4-13-29-14-12-26)25-21(24-19)30-15-22-7-2-10-27(22)11-3-8-22/h16-17H,1-15H2. The highest BCUT2D eigenvalue weighted by Gasteiger charge is 2.45. The van der Waals surface area contributed by atoms with Gasteiger partial charge in [-0.2, -0.15) is 9.97 Å². The van der Waals surface area contributed by atoms with Gasteiger partial charge >= 0.3 is 6.01 Å². The van der Waals surface area contributed by atoms with Gasteiger partial charge in [-0.3, -0.25) is 4.90 Å². The minimum Gasteiger partial charge on any atom is -0.461 e. The summed E-state index contributed by atoms with van der Waals surface area (Å²) in [6.45, 7) is 6.43. The van der Waals surface area contributed by atoms with Gasteiger partial charge in [-0.25, -0.2) is 4.98 Å². The third-order valence-corrected chi connectivity index (χ3v) is 7.66. The summed E-state index contributed by atoms with van der Waals surface area (Å²) < 4.78 is 14.3. The van der Waals surface area contributed by atoms with Crippen LogP contribution in [-0.2, 0) is 4.74 Å². The van der Waals surface area contributed by atoms with Crippen molar-refractivity contribution in [1.82, 2.24) is 24.4 Å². The molecule has 0 spiro atoms. The first-order valence-electron chi connectivity index (χ1n) is 11.8.